The van der Waals surface area contributed by atoms with Crippen LogP contribution in [-0.2, 0) is 25.7 Å². The molecule has 3 aromatic carbocycles. The molecule has 3 aromatic rings. The van der Waals surface area contributed by atoms with E-state index in [0.29, 0.717) is 31.5 Å². The molecule has 0 spiro atoms. The van der Waals surface area contributed by atoms with Gasteiger partial charge < -0.3 is 5.11 Å². The van der Waals surface area contributed by atoms with E-state index in [1.165, 1.54) is 34.7 Å². The summed E-state index contributed by atoms with van der Waals surface area (Å²) in [6.07, 6.45) is 2.86. The van der Waals surface area contributed by atoms with Crippen LogP contribution in [0.15, 0.2) is 84.4 Å². The van der Waals surface area contributed by atoms with E-state index >= 15 is 0 Å². The number of allylic oxidation sites excluding steroid dienone is 2. The van der Waals surface area contributed by atoms with Gasteiger partial charge >= 0.3 is 0 Å². The maximum Gasteiger partial charge on any atom is 0.258 e. The number of carbonyl (C=O) groups is 4. The van der Waals surface area contributed by atoms with Crippen LogP contribution >= 0.6 is 23.2 Å². The van der Waals surface area contributed by atoms with E-state index in [4.69, 9.17) is 23.2 Å². The molecular formula is C38H33Cl2F2N3O5. The summed E-state index contributed by atoms with van der Waals surface area (Å²) in [6.45, 7) is 2.18. The molecule has 6 atom stereocenters. The predicted molar refractivity (Wildman–Crippen MR) is 181 cm³/mol. The van der Waals surface area contributed by atoms with Crippen LogP contribution in [0.5, 0.6) is 5.75 Å². The number of hydrogen-bond donors (Lipinski definition) is 1. The highest BCUT2D eigenvalue weighted by Crippen LogP contribution is 2.66. The Labute approximate surface area is 297 Å². The average molecular weight is 721 g/mol. The number of alkyl halides is 2. The average Bonchev–Trinajstić information content (AvgIpc) is 3.45. The summed E-state index contributed by atoms with van der Waals surface area (Å²) in [6, 6.07) is 18.3. The zero-order valence-corrected chi connectivity index (χ0v) is 28.3. The highest BCUT2D eigenvalue weighted by atomic mass is 35.5. The molecule has 12 heteroatoms. The summed E-state index contributed by atoms with van der Waals surface area (Å²) < 4.78 is 28.8. The first-order valence-corrected chi connectivity index (χ1v) is 17.5. The first-order valence-electron chi connectivity index (χ1n) is 16.8. The third-order valence-corrected chi connectivity index (χ3v) is 12.8. The van der Waals surface area contributed by atoms with Crippen molar-refractivity contribution in [3.05, 3.63) is 107 Å². The molecule has 8 rings (SSSR count). The fourth-order valence-electron chi connectivity index (χ4n) is 9.07. The molecular weight excluding hydrogens is 687 g/mol. The molecule has 1 N–H and O–H groups in total. The summed E-state index contributed by atoms with van der Waals surface area (Å²) in [5.74, 6) is -8.55. The normalized spacial score (nSPS) is 31.5. The molecule has 258 valence electrons. The van der Waals surface area contributed by atoms with Gasteiger partial charge in [0.2, 0.25) is 11.8 Å². The van der Waals surface area contributed by atoms with Crippen molar-refractivity contribution >= 4 is 52.5 Å². The Balaban J connectivity index is 1.16. The fourth-order valence-corrected chi connectivity index (χ4v) is 10.00. The minimum Gasteiger partial charge on any atom is -0.505 e. The van der Waals surface area contributed by atoms with Crippen LogP contribution in [0, 0.1) is 29.4 Å². The smallest absolute Gasteiger partial charge is 0.258 e. The first kappa shape index (κ1) is 33.0. The fraction of sp³-hybridized carbons (Fsp3) is 0.368. The number of halogens is 4. The number of imide groups is 2. The number of carbonyl (C=O) groups excluding carboxylic acids is 4. The summed E-state index contributed by atoms with van der Waals surface area (Å²) in [4.78, 5) is 57.3. The lowest BCUT2D eigenvalue weighted by Gasteiger charge is -2.50. The summed E-state index contributed by atoms with van der Waals surface area (Å²) in [5.41, 5.74) is 1.59. The number of phenolic OH excluding ortho intramolecular Hbond substituents is 1. The van der Waals surface area contributed by atoms with Gasteiger partial charge in [0.15, 0.2) is 21.3 Å². The summed E-state index contributed by atoms with van der Waals surface area (Å²) in [7, 11) is 0. The van der Waals surface area contributed by atoms with Crippen molar-refractivity contribution < 1.29 is 33.1 Å². The van der Waals surface area contributed by atoms with Crippen molar-refractivity contribution in [3.8, 4) is 5.75 Å². The Bertz CT molecular complexity index is 1950. The lowest BCUT2D eigenvalue weighted by molar-refractivity contribution is -0.144. The molecule has 50 heavy (non-hydrogen) atoms. The largest absolute Gasteiger partial charge is 0.505 e. The van der Waals surface area contributed by atoms with Gasteiger partial charge in [0.05, 0.1) is 17.5 Å². The van der Waals surface area contributed by atoms with Crippen LogP contribution in [-0.4, -0.2) is 67.4 Å². The third-order valence-electron chi connectivity index (χ3n) is 11.4. The van der Waals surface area contributed by atoms with Crippen molar-refractivity contribution in [2.45, 2.75) is 53.9 Å². The van der Waals surface area contributed by atoms with Gasteiger partial charge in [0.25, 0.3) is 11.8 Å². The molecule has 4 fully saturated rings. The summed E-state index contributed by atoms with van der Waals surface area (Å²) in [5, 5.41) is 11.0. The zero-order valence-electron chi connectivity index (χ0n) is 26.8. The minimum absolute atomic E-state index is 0.0322. The number of para-hydroxylation sites is 1. The Morgan fingerprint density at radius 3 is 2.22 bits per heavy atom. The maximum atomic E-state index is 15.0. The van der Waals surface area contributed by atoms with Crippen LogP contribution in [0.25, 0.3) is 0 Å². The minimum atomic E-state index is -2.27. The number of phenols is 1. The van der Waals surface area contributed by atoms with E-state index < -0.39 is 62.6 Å². The van der Waals surface area contributed by atoms with Gasteiger partial charge in [-0.3, -0.25) is 29.0 Å². The van der Waals surface area contributed by atoms with Crippen LogP contribution in [0.2, 0.25) is 0 Å². The van der Waals surface area contributed by atoms with Crippen molar-refractivity contribution in [2.75, 3.05) is 18.0 Å². The first-order chi connectivity index (χ1) is 24.0. The third kappa shape index (κ3) is 4.71. The van der Waals surface area contributed by atoms with Gasteiger partial charge in [0, 0.05) is 37.2 Å². The Hall–Kier alpha value is -4.12. The molecule has 3 saturated heterocycles. The number of anilines is 1. The predicted octanol–water partition coefficient (Wildman–Crippen LogP) is 5.90. The Morgan fingerprint density at radius 2 is 1.52 bits per heavy atom. The molecule has 3 aliphatic heterocycles. The van der Waals surface area contributed by atoms with E-state index in [1.807, 2.05) is 18.2 Å². The van der Waals surface area contributed by atoms with Crippen LogP contribution in [0.3, 0.4) is 0 Å². The lowest BCUT2D eigenvalue weighted by atomic mass is 9.56. The van der Waals surface area contributed by atoms with E-state index in [2.05, 4.69) is 17.0 Å². The number of benzene rings is 3. The highest BCUT2D eigenvalue weighted by Gasteiger charge is 2.77. The van der Waals surface area contributed by atoms with E-state index in [0.717, 1.165) is 29.6 Å². The van der Waals surface area contributed by atoms with Gasteiger partial charge in [0.1, 0.15) is 5.82 Å². The van der Waals surface area contributed by atoms with Gasteiger partial charge in [-0.15, -0.1) is 23.2 Å². The number of nitrogens with zero attached hydrogens (tertiary/aromatic N) is 3. The molecule has 0 aromatic heterocycles. The number of rotatable bonds is 5. The summed E-state index contributed by atoms with van der Waals surface area (Å²) >= 11 is 14.6. The molecule has 5 aliphatic rings. The van der Waals surface area contributed by atoms with Crippen LogP contribution < -0.4 is 4.90 Å². The van der Waals surface area contributed by atoms with Crippen molar-refractivity contribution in [1.29, 1.82) is 0 Å². The van der Waals surface area contributed by atoms with Crippen molar-refractivity contribution in [3.63, 3.8) is 0 Å². The number of hydrogen-bond acceptors (Lipinski definition) is 6. The molecule has 0 radical (unpaired) electrons. The van der Waals surface area contributed by atoms with Crippen LogP contribution in [0.1, 0.15) is 42.7 Å². The maximum absolute atomic E-state index is 15.0. The Kier molecular flexibility index (Phi) is 7.93. The second-order valence-electron chi connectivity index (χ2n) is 14.0. The Morgan fingerprint density at radius 1 is 0.820 bits per heavy atom. The monoisotopic (exact) mass is 719 g/mol. The molecule has 4 amide bonds. The SMILES string of the molecule is O=C1[C@H]2[C@H](CC=C3[C@H]2C[C@@]2(Cl)C(=O)N(c4ccc(F)cc4)C(=O)[C@@]2(Cl)[C@H]3c2cccc(F)c2O)C(=O)N1C1CCN(Cc2ccccc2)CC1. The van der Waals surface area contributed by atoms with Crippen molar-refractivity contribution in [1.82, 2.24) is 9.80 Å². The standard InChI is InChI=1S/C38H33Cl2F2N3O5/c39-37-19-28-25(13-14-26-30(28)34(48)44(33(26)47)24-15-17-43(18-16-24)20-21-5-2-1-3-6-21)31(27-7-4-8-29(42)32(27)46)38(37,40)36(50)45(35(37)49)23-11-9-22(41)10-12-23/h1-13,24,26,28,30-31,46H,14-20H2/t26-,28+,30-,31+,37+,38-/m0/s1. The van der Waals surface area contributed by atoms with Gasteiger partial charge in [-0.1, -0.05) is 54.1 Å². The number of amides is 4. The molecule has 0 bridgehead atoms. The zero-order chi connectivity index (χ0) is 35.1. The number of piperidine rings is 1. The number of fused-ring (bicyclic) bond motifs is 4. The second-order valence-corrected chi connectivity index (χ2v) is 15.2. The quantitative estimate of drug-likeness (QED) is 0.201. The van der Waals surface area contributed by atoms with Gasteiger partial charge in [-0.25, -0.2) is 13.7 Å². The van der Waals surface area contributed by atoms with E-state index in [1.54, 1.807) is 6.08 Å². The molecule has 3 heterocycles. The van der Waals surface area contributed by atoms with Gasteiger partial charge in [-0.2, -0.15) is 0 Å². The van der Waals surface area contributed by atoms with E-state index in [9.17, 15) is 33.1 Å². The highest BCUT2D eigenvalue weighted by molar-refractivity contribution is 6.58. The van der Waals surface area contributed by atoms with Gasteiger partial charge in [-0.05, 0) is 67.5 Å². The van der Waals surface area contributed by atoms with E-state index in [-0.39, 0.29) is 41.9 Å². The second kappa shape index (κ2) is 12.0. The lowest BCUT2D eigenvalue weighted by Crippen LogP contribution is -2.60. The van der Waals surface area contributed by atoms with Crippen LogP contribution in [0.4, 0.5) is 14.5 Å². The molecule has 0 unspecified atom stereocenters. The topological polar surface area (TPSA) is 98.2 Å². The van der Waals surface area contributed by atoms with Crippen molar-refractivity contribution in [2.24, 2.45) is 17.8 Å². The molecule has 2 aliphatic carbocycles. The molecule has 8 nitrogen and oxygen atoms in total. The number of likely N-dealkylation sites (tertiary alicyclic amines) is 2. The molecule has 1 saturated carbocycles. The number of aromatic hydroxyl groups is 1.